The summed E-state index contributed by atoms with van der Waals surface area (Å²) in [6.07, 6.45) is 3.31. The number of nitriles is 1. The largest absolute Gasteiger partial charge is 0.493 e. The Hall–Kier alpha value is -3.55. The number of methoxy groups -OCH3 is 1. The van der Waals surface area contributed by atoms with Crippen molar-refractivity contribution in [3.05, 3.63) is 58.7 Å². The van der Waals surface area contributed by atoms with Crippen molar-refractivity contribution in [2.45, 2.75) is 19.0 Å². The van der Waals surface area contributed by atoms with Crippen LogP contribution in [0.3, 0.4) is 0 Å². The van der Waals surface area contributed by atoms with Crippen molar-refractivity contribution in [2.75, 3.05) is 31.9 Å². The highest BCUT2D eigenvalue weighted by Crippen LogP contribution is 2.29. The number of anilines is 1. The lowest BCUT2D eigenvalue weighted by atomic mass is 10.1. The van der Waals surface area contributed by atoms with Crippen LogP contribution >= 0.6 is 23.3 Å². The molecule has 0 bridgehead atoms. The first-order valence-electron chi connectivity index (χ1n) is 10.2. The van der Waals surface area contributed by atoms with Crippen LogP contribution in [0.15, 0.2) is 47.1 Å². The zero-order valence-electron chi connectivity index (χ0n) is 19.2. The standard InChI is InChI=1S/C24H24N4O4S2/c1-15-5-7-19(16(2)11-15)31-9-10-32-20-8-6-17(13-21(20)30-3)12-18(14-25)22(29)26-23-27-24(33-4)28-34-23/h5-8,11-13H,9-10H2,1-4H3,(H,26,27,28,29)/b18-12-. The summed E-state index contributed by atoms with van der Waals surface area (Å²) >= 11 is 2.43. The van der Waals surface area contributed by atoms with E-state index in [-0.39, 0.29) is 5.57 Å². The second-order valence-electron chi connectivity index (χ2n) is 7.09. The summed E-state index contributed by atoms with van der Waals surface area (Å²) in [5.74, 6) is 1.27. The molecule has 0 saturated carbocycles. The fourth-order valence-electron chi connectivity index (χ4n) is 2.98. The molecule has 176 valence electrons. The SMILES string of the molecule is COc1cc(/C=C(/C#N)C(=O)Nc2nc(SC)ns2)ccc1OCCOc1ccc(C)cc1C. The number of nitrogens with one attached hydrogen (secondary N) is 1. The Balaban J connectivity index is 1.62. The molecule has 0 fully saturated rings. The van der Waals surface area contributed by atoms with Crippen LogP contribution in [-0.4, -0.2) is 41.8 Å². The van der Waals surface area contributed by atoms with Crippen LogP contribution in [0.25, 0.3) is 6.08 Å². The number of ether oxygens (including phenoxy) is 3. The fraction of sp³-hybridized carbons (Fsp3) is 0.250. The third-order valence-electron chi connectivity index (χ3n) is 4.60. The lowest BCUT2D eigenvalue weighted by Gasteiger charge is -2.13. The average molecular weight is 497 g/mol. The number of aryl methyl sites for hydroxylation is 2. The Labute approximate surface area is 206 Å². The molecular weight excluding hydrogens is 472 g/mol. The molecule has 1 aromatic heterocycles. The van der Waals surface area contributed by atoms with Gasteiger partial charge in [0.05, 0.1) is 7.11 Å². The number of hydrogen-bond donors (Lipinski definition) is 1. The minimum absolute atomic E-state index is 0.0708. The Bertz CT molecular complexity index is 1230. The van der Waals surface area contributed by atoms with Gasteiger partial charge >= 0.3 is 0 Å². The van der Waals surface area contributed by atoms with E-state index in [0.29, 0.717) is 40.6 Å². The molecule has 2 aromatic carbocycles. The molecule has 0 aliphatic carbocycles. The zero-order chi connectivity index (χ0) is 24.5. The van der Waals surface area contributed by atoms with Gasteiger partial charge in [-0.15, -0.1) is 0 Å². The molecule has 1 N–H and O–H groups in total. The van der Waals surface area contributed by atoms with Crippen molar-refractivity contribution in [1.82, 2.24) is 9.36 Å². The van der Waals surface area contributed by atoms with Gasteiger partial charge < -0.3 is 14.2 Å². The quantitative estimate of drug-likeness (QED) is 0.183. The van der Waals surface area contributed by atoms with E-state index < -0.39 is 5.91 Å². The van der Waals surface area contributed by atoms with Crippen LogP contribution in [0.2, 0.25) is 0 Å². The number of benzene rings is 2. The normalized spacial score (nSPS) is 11.0. The molecule has 10 heteroatoms. The van der Waals surface area contributed by atoms with E-state index in [1.54, 1.807) is 18.2 Å². The highest BCUT2D eigenvalue weighted by Gasteiger charge is 2.14. The third-order valence-corrected chi connectivity index (χ3v) is 5.90. The molecule has 3 rings (SSSR count). The van der Waals surface area contributed by atoms with Crippen molar-refractivity contribution in [1.29, 1.82) is 5.26 Å². The van der Waals surface area contributed by atoms with E-state index in [9.17, 15) is 10.1 Å². The summed E-state index contributed by atoms with van der Waals surface area (Å²) in [4.78, 5) is 16.6. The molecule has 0 saturated heterocycles. The number of amides is 1. The highest BCUT2D eigenvalue weighted by atomic mass is 32.2. The number of thioether (sulfide) groups is 1. The Morgan fingerprint density at radius 2 is 1.88 bits per heavy atom. The molecule has 0 radical (unpaired) electrons. The van der Waals surface area contributed by atoms with Crippen LogP contribution in [0, 0.1) is 25.2 Å². The molecular formula is C24H24N4O4S2. The number of aromatic nitrogens is 2. The van der Waals surface area contributed by atoms with Crippen molar-refractivity contribution in [2.24, 2.45) is 0 Å². The zero-order valence-corrected chi connectivity index (χ0v) is 20.9. The van der Waals surface area contributed by atoms with Crippen molar-refractivity contribution >= 4 is 40.4 Å². The topological polar surface area (TPSA) is 106 Å². The Morgan fingerprint density at radius 1 is 1.15 bits per heavy atom. The van der Waals surface area contributed by atoms with Gasteiger partial charge in [-0.25, -0.2) is 0 Å². The maximum absolute atomic E-state index is 12.5. The van der Waals surface area contributed by atoms with Crippen molar-refractivity contribution in [3.63, 3.8) is 0 Å². The van der Waals surface area contributed by atoms with E-state index >= 15 is 0 Å². The average Bonchev–Trinajstić information content (AvgIpc) is 3.29. The molecule has 0 aliphatic rings. The predicted molar refractivity (Wildman–Crippen MR) is 134 cm³/mol. The molecule has 8 nitrogen and oxygen atoms in total. The van der Waals surface area contributed by atoms with E-state index in [1.807, 2.05) is 38.3 Å². The van der Waals surface area contributed by atoms with Gasteiger partial charge in [-0.1, -0.05) is 35.5 Å². The summed E-state index contributed by atoms with van der Waals surface area (Å²) in [5.41, 5.74) is 2.80. The second-order valence-corrected chi connectivity index (χ2v) is 8.61. The summed E-state index contributed by atoms with van der Waals surface area (Å²) in [7, 11) is 1.53. The summed E-state index contributed by atoms with van der Waals surface area (Å²) in [6.45, 7) is 4.74. The van der Waals surface area contributed by atoms with Gasteiger partial charge in [0, 0.05) is 11.5 Å². The monoisotopic (exact) mass is 496 g/mol. The van der Waals surface area contributed by atoms with Crippen LogP contribution < -0.4 is 19.5 Å². The number of rotatable bonds is 10. The maximum Gasteiger partial charge on any atom is 0.268 e. The number of carbonyl (C=O) groups excluding carboxylic acids is 1. The molecule has 0 aliphatic heterocycles. The minimum Gasteiger partial charge on any atom is -0.493 e. The molecule has 0 spiro atoms. The molecule has 1 heterocycles. The van der Waals surface area contributed by atoms with Crippen LogP contribution in [0.1, 0.15) is 16.7 Å². The van der Waals surface area contributed by atoms with Crippen LogP contribution in [-0.2, 0) is 4.79 Å². The van der Waals surface area contributed by atoms with Crippen LogP contribution in [0.4, 0.5) is 5.13 Å². The first kappa shape index (κ1) is 25.1. The van der Waals surface area contributed by atoms with Gasteiger partial charge in [0.25, 0.3) is 5.91 Å². The summed E-state index contributed by atoms with van der Waals surface area (Å²) in [5, 5.41) is 12.9. The van der Waals surface area contributed by atoms with Crippen LogP contribution in [0.5, 0.6) is 17.2 Å². The summed E-state index contributed by atoms with van der Waals surface area (Å²) in [6, 6.07) is 13.1. The molecule has 0 atom stereocenters. The molecule has 34 heavy (non-hydrogen) atoms. The fourth-order valence-corrected chi connectivity index (χ4v) is 4.10. The molecule has 1 amide bonds. The summed E-state index contributed by atoms with van der Waals surface area (Å²) < 4.78 is 21.1. The van der Waals surface area contributed by atoms with E-state index in [4.69, 9.17) is 14.2 Å². The first-order valence-corrected chi connectivity index (χ1v) is 12.2. The Kier molecular flexibility index (Phi) is 8.90. The van der Waals surface area contributed by atoms with E-state index in [2.05, 4.69) is 20.7 Å². The van der Waals surface area contributed by atoms with Crippen molar-refractivity contribution in [3.8, 4) is 23.3 Å². The number of carbonyl (C=O) groups is 1. The third kappa shape index (κ3) is 6.73. The number of nitrogens with zero attached hydrogens (tertiary/aromatic N) is 3. The molecule has 3 aromatic rings. The van der Waals surface area contributed by atoms with Gasteiger partial charge in [0.15, 0.2) is 11.5 Å². The molecule has 0 unspecified atom stereocenters. The smallest absolute Gasteiger partial charge is 0.268 e. The van der Waals surface area contributed by atoms with E-state index in [0.717, 1.165) is 22.8 Å². The Morgan fingerprint density at radius 3 is 2.53 bits per heavy atom. The van der Waals surface area contributed by atoms with Crippen molar-refractivity contribution < 1.29 is 19.0 Å². The van der Waals surface area contributed by atoms with Gasteiger partial charge in [-0.3, -0.25) is 10.1 Å². The first-order chi connectivity index (χ1) is 16.4. The maximum atomic E-state index is 12.5. The van der Waals surface area contributed by atoms with Gasteiger partial charge in [-0.05, 0) is 55.5 Å². The van der Waals surface area contributed by atoms with Gasteiger partial charge in [0.1, 0.15) is 30.6 Å². The van der Waals surface area contributed by atoms with Gasteiger partial charge in [0.2, 0.25) is 10.3 Å². The lowest BCUT2D eigenvalue weighted by molar-refractivity contribution is -0.112. The minimum atomic E-state index is -0.561. The number of hydrogen-bond acceptors (Lipinski definition) is 9. The van der Waals surface area contributed by atoms with E-state index in [1.165, 1.54) is 30.5 Å². The second kappa shape index (κ2) is 12.1. The predicted octanol–water partition coefficient (Wildman–Crippen LogP) is 4.89. The highest BCUT2D eigenvalue weighted by molar-refractivity contribution is 7.98. The lowest BCUT2D eigenvalue weighted by Crippen LogP contribution is -2.13. The van der Waals surface area contributed by atoms with Gasteiger partial charge in [-0.2, -0.15) is 14.6 Å².